The van der Waals surface area contributed by atoms with Gasteiger partial charge in [-0.2, -0.15) is 0 Å². The maximum atomic E-state index is 11.9. The number of anilines is 1. The second-order valence-corrected chi connectivity index (χ2v) is 7.05. The number of cyclic esters (lactones) is 2. The zero-order valence-electron chi connectivity index (χ0n) is 15.7. The Kier molecular flexibility index (Phi) is 4.15. The van der Waals surface area contributed by atoms with Crippen molar-refractivity contribution in [2.75, 3.05) is 5.32 Å². The molecule has 0 radical (unpaired) electrons. The van der Waals surface area contributed by atoms with Crippen LogP contribution in [0.3, 0.4) is 0 Å². The van der Waals surface area contributed by atoms with Crippen molar-refractivity contribution >= 4 is 23.3 Å². The smallest absolute Gasteiger partial charge is 0.350 e. The standard InChI is InChI=1S/C21H19N3O4/c1-13-8-9-24-12-17(23-18(24)10-13)14-4-6-15(7-5-14)22-11-16-19(25)27-21(2,3)28-20(16)26/h4-12,22H,1-3H3. The number of esters is 2. The van der Waals surface area contributed by atoms with Crippen molar-refractivity contribution in [3.05, 3.63) is 66.1 Å². The van der Waals surface area contributed by atoms with Gasteiger partial charge >= 0.3 is 11.9 Å². The summed E-state index contributed by atoms with van der Waals surface area (Å²) in [4.78, 5) is 28.5. The number of imidazole rings is 1. The molecule has 0 bridgehead atoms. The highest BCUT2D eigenvalue weighted by atomic mass is 16.7. The first-order valence-corrected chi connectivity index (χ1v) is 8.80. The van der Waals surface area contributed by atoms with Crippen LogP contribution in [0.25, 0.3) is 16.9 Å². The van der Waals surface area contributed by atoms with Gasteiger partial charge in [-0.25, -0.2) is 14.6 Å². The van der Waals surface area contributed by atoms with E-state index in [-0.39, 0.29) is 5.57 Å². The van der Waals surface area contributed by atoms with Crippen molar-refractivity contribution in [1.82, 2.24) is 9.38 Å². The monoisotopic (exact) mass is 377 g/mol. The largest absolute Gasteiger partial charge is 0.419 e. The van der Waals surface area contributed by atoms with Crippen LogP contribution >= 0.6 is 0 Å². The molecule has 3 aromatic rings. The molecule has 0 aliphatic carbocycles. The summed E-state index contributed by atoms with van der Waals surface area (Å²) in [7, 11) is 0. The summed E-state index contributed by atoms with van der Waals surface area (Å²) >= 11 is 0. The Hall–Kier alpha value is -3.61. The van der Waals surface area contributed by atoms with Crippen molar-refractivity contribution < 1.29 is 19.1 Å². The summed E-state index contributed by atoms with van der Waals surface area (Å²) in [5, 5.41) is 2.93. The van der Waals surface area contributed by atoms with E-state index in [0.29, 0.717) is 5.69 Å². The molecule has 1 N–H and O–H groups in total. The normalized spacial score (nSPS) is 15.9. The lowest BCUT2D eigenvalue weighted by Gasteiger charge is -2.29. The van der Waals surface area contributed by atoms with E-state index in [0.717, 1.165) is 22.5 Å². The Labute approximate surface area is 161 Å². The van der Waals surface area contributed by atoms with E-state index in [1.165, 1.54) is 20.0 Å². The van der Waals surface area contributed by atoms with Gasteiger partial charge in [0.05, 0.1) is 5.69 Å². The number of rotatable bonds is 3. The Morgan fingerprint density at radius 3 is 2.43 bits per heavy atom. The van der Waals surface area contributed by atoms with Crippen LogP contribution < -0.4 is 5.32 Å². The zero-order chi connectivity index (χ0) is 19.9. The van der Waals surface area contributed by atoms with Gasteiger partial charge in [0.2, 0.25) is 0 Å². The molecule has 4 rings (SSSR count). The van der Waals surface area contributed by atoms with Crippen LogP contribution in [-0.2, 0) is 19.1 Å². The highest BCUT2D eigenvalue weighted by Crippen LogP contribution is 2.24. The number of fused-ring (bicyclic) bond motifs is 1. The number of carbonyl (C=O) groups is 2. The molecular formula is C21H19N3O4. The van der Waals surface area contributed by atoms with E-state index in [4.69, 9.17) is 9.47 Å². The maximum absolute atomic E-state index is 11.9. The minimum atomic E-state index is -1.25. The average molecular weight is 377 g/mol. The van der Waals surface area contributed by atoms with Gasteiger partial charge in [-0.1, -0.05) is 12.1 Å². The van der Waals surface area contributed by atoms with Crippen molar-refractivity contribution in [2.24, 2.45) is 0 Å². The minimum Gasteiger partial charge on any atom is -0.419 e. The minimum absolute atomic E-state index is 0.181. The lowest BCUT2D eigenvalue weighted by atomic mass is 10.1. The van der Waals surface area contributed by atoms with Crippen molar-refractivity contribution in [2.45, 2.75) is 26.6 Å². The predicted molar refractivity (Wildman–Crippen MR) is 103 cm³/mol. The van der Waals surface area contributed by atoms with Gasteiger partial charge in [0.25, 0.3) is 5.79 Å². The number of nitrogens with zero attached hydrogens (tertiary/aromatic N) is 2. The number of pyridine rings is 1. The summed E-state index contributed by atoms with van der Waals surface area (Å²) < 4.78 is 12.1. The number of carbonyl (C=O) groups excluding carboxylic acids is 2. The third kappa shape index (κ3) is 3.46. The summed E-state index contributed by atoms with van der Waals surface area (Å²) in [6.45, 7) is 5.04. The first kappa shape index (κ1) is 17.8. The number of hydrogen-bond acceptors (Lipinski definition) is 6. The molecule has 0 atom stereocenters. The van der Waals surface area contributed by atoms with Crippen LogP contribution in [0.1, 0.15) is 19.4 Å². The van der Waals surface area contributed by atoms with Crippen LogP contribution in [0.15, 0.2) is 60.6 Å². The number of hydrogen-bond donors (Lipinski definition) is 1. The SMILES string of the molecule is Cc1ccn2cc(-c3ccc(NC=C4C(=O)OC(C)(C)OC4=O)cc3)nc2c1. The van der Waals surface area contributed by atoms with Crippen molar-refractivity contribution in [3.8, 4) is 11.3 Å². The fourth-order valence-corrected chi connectivity index (χ4v) is 2.89. The van der Waals surface area contributed by atoms with Gasteiger partial charge in [-0.05, 0) is 36.8 Å². The first-order chi connectivity index (χ1) is 13.3. The predicted octanol–water partition coefficient (Wildman–Crippen LogP) is 3.44. The molecule has 1 fully saturated rings. The number of benzene rings is 1. The van der Waals surface area contributed by atoms with Crippen molar-refractivity contribution in [3.63, 3.8) is 0 Å². The number of nitrogens with one attached hydrogen (secondary N) is 1. The zero-order valence-corrected chi connectivity index (χ0v) is 15.7. The molecule has 142 valence electrons. The first-order valence-electron chi connectivity index (χ1n) is 8.80. The van der Waals surface area contributed by atoms with Gasteiger partial charge in [-0.3, -0.25) is 0 Å². The molecule has 28 heavy (non-hydrogen) atoms. The molecular weight excluding hydrogens is 358 g/mol. The van der Waals surface area contributed by atoms with Gasteiger partial charge in [-0.15, -0.1) is 0 Å². The van der Waals surface area contributed by atoms with E-state index in [9.17, 15) is 9.59 Å². The molecule has 1 aliphatic rings. The Morgan fingerprint density at radius 2 is 1.75 bits per heavy atom. The molecule has 3 heterocycles. The average Bonchev–Trinajstić information content (AvgIpc) is 3.03. The van der Waals surface area contributed by atoms with Gasteiger partial charge in [0.15, 0.2) is 5.57 Å². The Morgan fingerprint density at radius 1 is 1.07 bits per heavy atom. The van der Waals surface area contributed by atoms with E-state index in [1.54, 1.807) is 0 Å². The molecule has 2 aromatic heterocycles. The molecule has 1 saturated heterocycles. The summed E-state index contributed by atoms with van der Waals surface area (Å²) in [5.74, 6) is -2.68. The second kappa shape index (κ2) is 6.53. The molecule has 0 saturated carbocycles. The lowest BCUT2D eigenvalue weighted by Crippen LogP contribution is -2.42. The number of ether oxygens (including phenoxy) is 2. The maximum Gasteiger partial charge on any atom is 0.350 e. The van der Waals surface area contributed by atoms with Crippen molar-refractivity contribution in [1.29, 1.82) is 0 Å². The molecule has 1 aromatic carbocycles. The van der Waals surface area contributed by atoms with Gasteiger partial charge < -0.3 is 19.2 Å². The topological polar surface area (TPSA) is 81.9 Å². The summed E-state index contributed by atoms with van der Waals surface area (Å²) in [6.07, 6.45) is 5.24. The third-order valence-corrected chi connectivity index (χ3v) is 4.30. The van der Waals surface area contributed by atoms with Gasteiger partial charge in [0, 0.05) is 43.7 Å². The molecule has 0 spiro atoms. The third-order valence-electron chi connectivity index (χ3n) is 4.30. The van der Waals surface area contributed by atoms with E-state index in [2.05, 4.69) is 10.3 Å². The lowest BCUT2D eigenvalue weighted by molar-refractivity contribution is -0.222. The Bertz CT molecular complexity index is 1090. The number of aryl methyl sites for hydroxylation is 1. The molecule has 7 heteroatoms. The van der Waals surface area contributed by atoms with Crippen LogP contribution in [0.5, 0.6) is 0 Å². The fraction of sp³-hybridized carbons (Fsp3) is 0.190. The second-order valence-electron chi connectivity index (χ2n) is 7.05. The van der Waals surface area contributed by atoms with E-state index in [1.807, 2.05) is 60.1 Å². The summed E-state index contributed by atoms with van der Waals surface area (Å²) in [6, 6.07) is 11.6. The highest BCUT2D eigenvalue weighted by Gasteiger charge is 2.38. The van der Waals surface area contributed by atoms with E-state index >= 15 is 0 Å². The molecule has 1 aliphatic heterocycles. The summed E-state index contributed by atoms with van der Waals surface area (Å²) in [5.41, 5.74) is 4.38. The van der Waals surface area contributed by atoms with Gasteiger partial charge in [0.1, 0.15) is 5.65 Å². The highest BCUT2D eigenvalue weighted by molar-refractivity contribution is 6.15. The van der Waals surface area contributed by atoms with Crippen LogP contribution in [0, 0.1) is 6.92 Å². The van der Waals surface area contributed by atoms with Crippen LogP contribution in [0.4, 0.5) is 5.69 Å². The van der Waals surface area contributed by atoms with Crippen LogP contribution in [0.2, 0.25) is 0 Å². The molecule has 0 amide bonds. The Balaban J connectivity index is 1.52. The van der Waals surface area contributed by atoms with E-state index < -0.39 is 17.7 Å². The molecule has 0 unspecified atom stereocenters. The number of aromatic nitrogens is 2. The molecule has 7 nitrogen and oxygen atoms in total. The van der Waals surface area contributed by atoms with Crippen LogP contribution in [-0.4, -0.2) is 27.1 Å². The fourth-order valence-electron chi connectivity index (χ4n) is 2.89. The quantitative estimate of drug-likeness (QED) is 0.428.